The molecular formula is C15H22F2N2O. The van der Waals surface area contributed by atoms with E-state index in [0.717, 1.165) is 32.0 Å². The van der Waals surface area contributed by atoms with Crippen molar-refractivity contribution in [1.29, 1.82) is 0 Å². The van der Waals surface area contributed by atoms with E-state index in [-0.39, 0.29) is 5.60 Å². The predicted molar refractivity (Wildman–Crippen MR) is 74.4 cm³/mol. The lowest BCUT2D eigenvalue weighted by Gasteiger charge is -2.40. The fourth-order valence-electron chi connectivity index (χ4n) is 2.81. The first-order valence-corrected chi connectivity index (χ1v) is 6.91. The molecule has 1 aromatic rings. The molecule has 1 aromatic carbocycles. The van der Waals surface area contributed by atoms with Gasteiger partial charge in [0.2, 0.25) is 0 Å². The number of nitrogens with two attached hydrogens (primary N) is 1. The molecule has 2 rings (SSSR count). The molecule has 2 atom stereocenters. The minimum atomic E-state index is -0.580. The standard InChI is InChI=1S/C15H22F2N2O/c1-15(20-2)6-3-7-19(10-15)9-14(18)12-5-4-11(16)8-13(12)17/h4-5,8,14H,3,6-7,9-10,18H2,1-2H3. The van der Waals surface area contributed by atoms with Gasteiger partial charge in [-0.2, -0.15) is 0 Å². The molecule has 0 bridgehead atoms. The summed E-state index contributed by atoms with van der Waals surface area (Å²) in [6.45, 7) is 4.32. The molecule has 2 unspecified atom stereocenters. The normalized spacial score (nSPS) is 25.6. The van der Waals surface area contributed by atoms with E-state index in [4.69, 9.17) is 10.5 Å². The molecule has 112 valence electrons. The van der Waals surface area contributed by atoms with Crippen molar-refractivity contribution in [2.45, 2.75) is 31.4 Å². The Balaban J connectivity index is 2.02. The second-order valence-electron chi connectivity index (χ2n) is 5.77. The highest BCUT2D eigenvalue weighted by molar-refractivity contribution is 5.22. The molecule has 1 aliphatic rings. The van der Waals surface area contributed by atoms with Gasteiger partial charge in [-0.25, -0.2) is 8.78 Å². The number of rotatable bonds is 4. The molecule has 20 heavy (non-hydrogen) atoms. The first-order chi connectivity index (χ1) is 9.43. The maximum Gasteiger partial charge on any atom is 0.130 e. The van der Waals surface area contributed by atoms with E-state index in [0.29, 0.717) is 12.1 Å². The van der Waals surface area contributed by atoms with Gasteiger partial charge < -0.3 is 10.5 Å². The van der Waals surface area contributed by atoms with Gasteiger partial charge in [0.15, 0.2) is 0 Å². The Bertz CT molecular complexity index is 469. The van der Waals surface area contributed by atoms with Gasteiger partial charge in [-0.1, -0.05) is 6.07 Å². The van der Waals surface area contributed by atoms with E-state index >= 15 is 0 Å². The van der Waals surface area contributed by atoms with Crippen molar-refractivity contribution in [3.63, 3.8) is 0 Å². The molecular weight excluding hydrogens is 262 g/mol. The molecule has 0 aliphatic carbocycles. The van der Waals surface area contributed by atoms with E-state index in [1.165, 1.54) is 12.1 Å². The lowest BCUT2D eigenvalue weighted by Crippen LogP contribution is -2.49. The molecule has 0 aromatic heterocycles. The maximum absolute atomic E-state index is 13.7. The molecule has 1 fully saturated rings. The average Bonchev–Trinajstić information content (AvgIpc) is 2.38. The number of halogens is 2. The molecule has 0 spiro atoms. The van der Waals surface area contributed by atoms with Crippen LogP contribution >= 0.6 is 0 Å². The van der Waals surface area contributed by atoms with Crippen molar-refractivity contribution in [3.05, 3.63) is 35.4 Å². The zero-order valence-corrected chi connectivity index (χ0v) is 12.0. The summed E-state index contributed by atoms with van der Waals surface area (Å²) in [4.78, 5) is 2.18. The first-order valence-electron chi connectivity index (χ1n) is 6.91. The third-order valence-corrected chi connectivity index (χ3v) is 4.05. The van der Waals surface area contributed by atoms with Crippen LogP contribution in [-0.4, -0.2) is 37.2 Å². The Morgan fingerprint density at radius 3 is 2.85 bits per heavy atom. The highest BCUT2D eigenvalue weighted by atomic mass is 19.1. The third-order valence-electron chi connectivity index (χ3n) is 4.05. The number of methoxy groups -OCH3 is 1. The van der Waals surface area contributed by atoms with Crippen LogP contribution in [0.25, 0.3) is 0 Å². The fraction of sp³-hybridized carbons (Fsp3) is 0.600. The number of ether oxygens (including phenoxy) is 1. The minimum absolute atomic E-state index is 0.167. The van der Waals surface area contributed by atoms with Crippen LogP contribution in [0.5, 0.6) is 0 Å². The Morgan fingerprint density at radius 1 is 1.45 bits per heavy atom. The van der Waals surface area contributed by atoms with Gasteiger partial charge in [0.1, 0.15) is 11.6 Å². The second kappa shape index (κ2) is 6.16. The van der Waals surface area contributed by atoms with Gasteiger partial charge in [-0.3, -0.25) is 4.90 Å². The van der Waals surface area contributed by atoms with Crippen molar-refractivity contribution in [1.82, 2.24) is 4.90 Å². The number of hydrogen-bond acceptors (Lipinski definition) is 3. The van der Waals surface area contributed by atoms with E-state index < -0.39 is 17.7 Å². The zero-order chi connectivity index (χ0) is 14.8. The molecule has 3 nitrogen and oxygen atoms in total. The Morgan fingerprint density at radius 2 is 2.20 bits per heavy atom. The molecule has 5 heteroatoms. The number of hydrogen-bond donors (Lipinski definition) is 1. The SMILES string of the molecule is COC1(C)CCCN(CC(N)c2ccc(F)cc2F)C1. The zero-order valence-electron chi connectivity index (χ0n) is 12.0. The predicted octanol–water partition coefficient (Wildman–Crippen LogP) is 2.47. The Kier molecular flexibility index (Phi) is 4.73. The maximum atomic E-state index is 13.7. The van der Waals surface area contributed by atoms with Gasteiger partial charge in [-0.05, 0) is 32.4 Å². The van der Waals surface area contributed by atoms with Crippen LogP contribution in [0.3, 0.4) is 0 Å². The lowest BCUT2D eigenvalue weighted by molar-refractivity contribution is -0.0517. The number of nitrogens with zero attached hydrogens (tertiary/aromatic N) is 1. The number of benzene rings is 1. The summed E-state index contributed by atoms with van der Waals surface area (Å²) < 4.78 is 32.1. The molecule has 0 saturated carbocycles. The van der Waals surface area contributed by atoms with Crippen molar-refractivity contribution < 1.29 is 13.5 Å². The fourth-order valence-corrected chi connectivity index (χ4v) is 2.81. The first kappa shape index (κ1) is 15.4. The van der Waals surface area contributed by atoms with Crippen LogP contribution in [0.15, 0.2) is 18.2 Å². The van der Waals surface area contributed by atoms with Crippen molar-refractivity contribution in [2.24, 2.45) is 5.73 Å². The van der Waals surface area contributed by atoms with Crippen LogP contribution in [0.4, 0.5) is 8.78 Å². The van der Waals surface area contributed by atoms with E-state index in [2.05, 4.69) is 11.8 Å². The van der Waals surface area contributed by atoms with Gasteiger partial charge in [-0.15, -0.1) is 0 Å². The smallest absolute Gasteiger partial charge is 0.130 e. The topological polar surface area (TPSA) is 38.5 Å². The largest absolute Gasteiger partial charge is 0.377 e. The molecule has 0 radical (unpaired) electrons. The van der Waals surface area contributed by atoms with Crippen LogP contribution in [-0.2, 0) is 4.74 Å². The Labute approximate surface area is 118 Å². The summed E-state index contributed by atoms with van der Waals surface area (Å²) in [5.74, 6) is -1.16. The third kappa shape index (κ3) is 3.53. The monoisotopic (exact) mass is 284 g/mol. The van der Waals surface area contributed by atoms with Crippen molar-refractivity contribution >= 4 is 0 Å². The highest BCUT2D eigenvalue weighted by Crippen LogP contribution is 2.25. The van der Waals surface area contributed by atoms with Crippen LogP contribution in [0, 0.1) is 11.6 Å². The van der Waals surface area contributed by atoms with E-state index in [1.807, 2.05) is 0 Å². The minimum Gasteiger partial charge on any atom is -0.377 e. The molecule has 1 heterocycles. The number of piperidine rings is 1. The summed E-state index contributed by atoms with van der Waals surface area (Å²) in [6.07, 6.45) is 2.04. The summed E-state index contributed by atoms with van der Waals surface area (Å²) in [5, 5.41) is 0. The summed E-state index contributed by atoms with van der Waals surface area (Å²) in [5.41, 5.74) is 6.25. The van der Waals surface area contributed by atoms with E-state index in [9.17, 15) is 8.78 Å². The van der Waals surface area contributed by atoms with Gasteiger partial charge in [0.05, 0.1) is 5.60 Å². The summed E-state index contributed by atoms with van der Waals surface area (Å²) in [7, 11) is 1.71. The second-order valence-corrected chi connectivity index (χ2v) is 5.77. The molecule has 2 N–H and O–H groups in total. The van der Waals surface area contributed by atoms with Crippen LogP contribution < -0.4 is 5.73 Å². The Hall–Kier alpha value is -1.04. The summed E-state index contributed by atoms with van der Waals surface area (Å²) >= 11 is 0. The van der Waals surface area contributed by atoms with Crippen LogP contribution in [0.1, 0.15) is 31.4 Å². The average molecular weight is 284 g/mol. The lowest BCUT2D eigenvalue weighted by atomic mass is 9.94. The molecule has 1 saturated heterocycles. The molecule has 0 amide bonds. The summed E-state index contributed by atoms with van der Waals surface area (Å²) in [6, 6.07) is 3.09. The quantitative estimate of drug-likeness (QED) is 0.923. The van der Waals surface area contributed by atoms with Crippen molar-refractivity contribution in [3.8, 4) is 0 Å². The van der Waals surface area contributed by atoms with Gasteiger partial charge >= 0.3 is 0 Å². The number of likely N-dealkylation sites (tertiary alicyclic amines) is 1. The van der Waals surface area contributed by atoms with Gasteiger partial charge in [0, 0.05) is 37.9 Å². The molecule has 1 aliphatic heterocycles. The van der Waals surface area contributed by atoms with Gasteiger partial charge in [0.25, 0.3) is 0 Å². The highest BCUT2D eigenvalue weighted by Gasteiger charge is 2.31. The van der Waals surface area contributed by atoms with Crippen molar-refractivity contribution in [2.75, 3.05) is 26.7 Å². The van der Waals surface area contributed by atoms with Crippen LogP contribution in [0.2, 0.25) is 0 Å². The van der Waals surface area contributed by atoms with E-state index in [1.54, 1.807) is 7.11 Å².